The van der Waals surface area contributed by atoms with Crippen LogP contribution in [0.1, 0.15) is 22.6 Å². The summed E-state index contributed by atoms with van der Waals surface area (Å²) in [5.41, 5.74) is 2.81. The van der Waals surface area contributed by atoms with Crippen molar-refractivity contribution in [2.24, 2.45) is 0 Å². The molecule has 0 aliphatic rings. The highest BCUT2D eigenvalue weighted by atomic mass is 19.4. The standard InChI is InChI=1S/C22H18F3N5O3/c1-13-20(14(2)32-28-13)16-8-6-15(7-9-16)11-30-12-19(33-29-30)27-21(31)26-18-5-3-4-17(10-18)22(23,24)25/h3-10,12H,11H2,1-2H3,(H-,26,27,29,31)/p+1. The van der Waals surface area contributed by atoms with E-state index in [0.717, 1.165) is 40.3 Å². The molecule has 2 aromatic heterocycles. The Morgan fingerprint density at radius 3 is 2.48 bits per heavy atom. The number of hydrogen-bond acceptors (Lipinski definition) is 5. The van der Waals surface area contributed by atoms with Gasteiger partial charge in [0, 0.05) is 16.8 Å². The fraction of sp³-hybridized carbons (Fsp3) is 0.182. The summed E-state index contributed by atoms with van der Waals surface area (Å²) in [7, 11) is 0. The normalized spacial score (nSPS) is 11.4. The molecule has 11 heteroatoms. The van der Waals surface area contributed by atoms with Gasteiger partial charge >= 0.3 is 18.1 Å². The Kier molecular flexibility index (Phi) is 5.86. The predicted molar refractivity (Wildman–Crippen MR) is 111 cm³/mol. The van der Waals surface area contributed by atoms with Gasteiger partial charge in [-0.25, -0.2) is 4.79 Å². The van der Waals surface area contributed by atoms with Crippen LogP contribution in [0.3, 0.4) is 0 Å². The molecule has 0 radical (unpaired) electrons. The first-order valence-electron chi connectivity index (χ1n) is 9.83. The first kappa shape index (κ1) is 22.1. The number of benzene rings is 2. The molecule has 2 aromatic carbocycles. The van der Waals surface area contributed by atoms with Crippen molar-refractivity contribution in [3.63, 3.8) is 0 Å². The van der Waals surface area contributed by atoms with Crippen LogP contribution in [0.15, 0.2) is 63.8 Å². The molecule has 4 rings (SSSR count). The summed E-state index contributed by atoms with van der Waals surface area (Å²) in [6.45, 7) is 4.11. The fourth-order valence-electron chi connectivity index (χ4n) is 3.32. The summed E-state index contributed by atoms with van der Waals surface area (Å²) in [6.07, 6.45) is -3.04. The Morgan fingerprint density at radius 1 is 1.06 bits per heavy atom. The molecule has 0 saturated heterocycles. The van der Waals surface area contributed by atoms with Crippen molar-refractivity contribution >= 4 is 17.6 Å². The van der Waals surface area contributed by atoms with E-state index >= 15 is 0 Å². The predicted octanol–water partition coefficient (Wildman–Crippen LogP) is 4.95. The highest BCUT2D eigenvalue weighted by Gasteiger charge is 2.30. The molecular weight excluding hydrogens is 439 g/mol. The van der Waals surface area contributed by atoms with Crippen molar-refractivity contribution in [3.05, 3.63) is 77.3 Å². The van der Waals surface area contributed by atoms with Crippen LogP contribution in [0.4, 0.5) is 29.5 Å². The number of urea groups is 1. The zero-order chi connectivity index (χ0) is 23.6. The first-order chi connectivity index (χ1) is 15.7. The zero-order valence-corrected chi connectivity index (χ0v) is 17.6. The third-order valence-electron chi connectivity index (χ3n) is 4.82. The lowest BCUT2D eigenvalue weighted by Gasteiger charge is -2.09. The van der Waals surface area contributed by atoms with E-state index in [1.165, 1.54) is 23.0 Å². The molecule has 0 fully saturated rings. The molecule has 0 saturated carbocycles. The van der Waals surface area contributed by atoms with Crippen LogP contribution >= 0.6 is 0 Å². The Bertz CT molecular complexity index is 1260. The number of hydrogen-bond donors (Lipinski definition) is 2. The smallest absolute Gasteiger partial charge is 0.361 e. The van der Waals surface area contributed by atoms with Crippen LogP contribution in [0, 0.1) is 13.8 Å². The lowest BCUT2D eigenvalue weighted by Crippen LogP contribution is -2.35. The molecule has 0 aliphatic carbocycles. The second-order valence-corrected chi connectivity index (χ2v) is 7.32. The summed E-state index contributed by atoms with van der Waals surface area (Å²) in [4.78, 5) is 12.1. The summed E-state index contributed by atoms with van der Waals surface area (Å²) in [5, 5.41) is 12.5. The highest BCUT2D eigenvalue weighted by molar-refractivity contribution is 5.98. The lowest BCUT2D eigenvalue weighted by atomic mass is 10.0. The van der Waals surface area contributed by atoms with E-state index in [4.69, 9.17) is 9.05 Å². The Hall–Kier alpha value is -4.15. The average molecular weight is 458 g/mol. The molecule has 0 bridgehead atoms. The van der Waals surface area contributed by atoms with E-state index in [9.17, 15) is 18.0 Å². The van der Waals surface area contributed by atoms with Crippen molar-refractivity contribution in [2.75, 3.05) is 10.6 Å². The van der Waals surface area contributed by atoms with Crippen molar-refractivity contribution in [3.8, 4) is 11.1 Å². The number of alkyl halides is 3. The Labute approximate surface area is 186 Å². The van der Waals surface area contributed by atoms with Crippen molar-refractivity contribution in [1.82, 2.24) is 10.4 Å². The molecule has 2 N–H and O–H groups in total. The van der Waals surface area contributed by atoms with E-state index in [1.807, 2.05) is 38.1 Å². The maximum Gasteiger partial charge on any atom is 0.416 e. The minimum atomic E-state index is -4.50. The largest absolute Gasteiger partial charge is 0.416 e. The van der Waals surface area contributed by atoms with Gasteiger partial charge in [0.2, 0.25) is 11.8 Å². The van der Waals surface area contributed by atoms with Crippen molar-refractivity contribution in [2.45, 2.75) is 26.6 Å². The first-order valence-corrected chi connectivity index (χ1v) is 9.83. The molecule has 0 unspecified atom stereocenters. The SMILES string of the molecule is Cc1noc(C)c1-c1ccc(C[n+]2cc(NC(=O)Nc3cccc(C(F)(F)F)c3)on2)cc1. The summed E-state index contributed by atoms with van der Waals surface area (Å²) in [6, 6.07) is 11.3. The van der Waals surface area contributed by atoms with Gasteiger partial charge in [0.25, 0.3) is 6.20 Å². The van der Waals surface area contributed by atoms with Crippen LogP contribution in [0.25, 0.3) is 11.1 Å². The number of rotatable bonds is 5. The molecule has 8 nitrogen and oxygen atoms in total. The number of aromatic nitrogens is 3. The number of carbonyl (C=O) groups is 1. The molecule has 2 heterocycles. The maximum atomic E-state index is 12.8. The second-order valence-electron chi connectivity index (χ2n) is 7.32. The molecule has 170 valence electrons. The van der Waals surface area contributed by atoms with Crippen molar-refractivity contribution in [1.29, 1.82) is 0 Å². The number of carbonyl (C=O) groups excluding carboxylic acids is 1. The highest BCUT2D eigenvalue weighted by Crippen LogP contribution is 2.30. The maximum absolute atomic E-state index is 12.8. The monoisotopic (exact) mass is 458 g/mol. The Morgan fingerprint density at radius 2 is 1.82 bits per heavy atom. The van der Waals surface area contributed by atoms with E-state index in [-0.39, 0.29) is 11.6 Å². The number of nitrogens with one attached hydrogen (secondary N) is 2. The van der Waals surface area contributed by atoms with Gasteiger partial charge in [0.1, 0.15) is 5.76 Å². The molecule has 0 atom stereocenters. The number of nitrogens with zero attached hydrogens (tertiary/aromatic N) is 3. The molecule has 2 amide bonds. The van der Waals surface area contributed by atoms with Crippen LogP contribution in [-0.2, 0) is 12.7 Å². The van der Waals surface area contributed by atoms with Gasteiger partial charge in [-0.3, -0.25) is 9.84 Å². The van der Waals surface area contributed by atoms with Crippen LogP contribution in [-0.4, -0.2) is 16.5 Å². The topological polar surface area (TPSA) is 97.1 Å². The Balaban J connectivity index is 1.37. The number of aryl methyl sites for hydroxylation is 2. The molecule has 4 aromatic rings. The molecule has 33 heavy (non-hydrogen) atoms. The third-order valence-corrected chi connectivity index (χ3v) is 4.82. The second kappa shape index (κ2) is 8.77. The zero-order valence-electron chi connectivity index (χ0n) is 17.6. The van der Waals surface area contributed by atoms with Crippen LogP contribution < -0.4 is 15.3 Å². The van der Waals surface area contributed by atoms with Gasteiger partial charge in [-0.05, 0) is 42.3 Å². The lowest BCUT2D eigenvalue weighted by molar-refractivity contribution is -0.754. The van der Waals surface area contributed by atoms with Crippen molar-refractivity contribution < 1.29 is 31.7 Å². The molecule has 0 aliphatic heterocycles. The molecule has 0 spiro atoms. The van der Waals surface area contributed by atoms with Gasteiger partial charge in [0.15, 0.2) is 0 Å². The van der Waals surface area contributed by atoms with Gasteiger partial charge in [0.05, 0.1) is 11.3 Å². The van der Waals surface area contributed by atoms with E-state index in [1.54, 1.807) is 0 Å². The molecular formula is C22H19F3N5O3+. The van der Waals surface area contributed by atoms with E-state index < -0.39 is 17.8 Å². The van der Waals surface area contributed by atoms with Gasteiger partial charge in [-0.2, -0.15) is 13.2 Å². The van der Waals surface area contributed by atoms with Gasteiger partial charge in [-0.15, -0.1) is 0 Å². The van der Waals surface area contributed by atoms with E-state index in [0.29, 0.717) is 6.54 Å². The van der Waals surface area contributed by atoms with Crippen LogP contribution in [0.2, 0.25) is 0 Å². The van der Waals surface area contributed by atoms with E-state index in [2.05, 4.69) is 21.1 Å². The summed E-state index contributed by atoms with van der Waals surface area (Å²) >= 11 is 0. The number of anilines is 2. The van der Waals surface area contributed by atoms with Gasteiger partial charge in [-0.1, -0.05) is 35.5 Å². The minimum absolute atomic E-state index is 0.00639. The summed E-state index contributed by atoms with van der Waals surface area (Å²) < 4.78 is 50.2. The van der Waals surface area contributed by atoms with Crippen LogP contribution in [0.5, 0.6) is 0 Å². The quantitative estimate of drug-likeness (QED) is 0.413. The van der Waals surface area contributed by atoms with Gasteiger partial charge < -0.3 is 9.84 Å². The number of halogens is 3. The minimum Gasteiger partial charge on any atom is -0.361 e. The fourth-order valence-corrected chi connectivity index (χ4v) is 3.32. The average Bonchev–Trinajstić information content (AvgIpc) is 3.33. The number of amides is 2. The third kappa shape index (κ3) is 5.20. The summed E-state index contributed by atoms with van der Waals surface area (Å²) in [5.74, 6) is 0.775.